The number of hydrogen-bond donors (Lipinski definition) is 1. The van der Waals surface area contributed by atoms with Crippen molar-refractivity contribution < 1.29 is 19.1 Å². The molecule has 2 saturated heterocycles. The number of nitrogens with zero attached hydrogens (tertiary/aromatic N) is 6. The molecule has 0 unspecified atom stereocenters. The second-order valence-corrected chi connectivity index (χ2v) is 11.1. The van der Waals surface area contributed by atoms with E-state index in [0.717, 1.165) is 35.7 Å². The number of alkyl carbamates (subject to hydrolysis) is 1. The van der Waals surface area contributed by atoms with Crippen LogP contribution in [-0.4, -0.2) is 69.5 Å². The zero-order valence-electron chi connectivity index (χ0n) is 21.7. The summed E-state index contributed by atoms with van der Waals surface area (Å²) in [5.74, 6) is 1.81. The standard InChI is InChI=1S/C27H31N7O4/c1-27(2,3)38-25(35)30-24-21-15-32(16-22(21)24)23-9-6-18(12-28-23)17-4-7-19(8-5-17)34-14-20(37-26(34)36)13-33-11-10-29-31-33/h4-12,20-22,24H,13-16H2,1-3H3,(H,30,35)/t20-,21-,22+,24+/m0/s1. The van der Waals surface area contributed by atoms with Gasteiger partial charge in [0.25, 0.3) is 0 Å². The first-order valence-electron chi connectivity index (χ1n) is 12.9. The maximum atomic E-state index is 12.4. The molecule has 3 fully saturated rings. The molecule has 1 saturated carbocycles. The highest BCUT2D eigenvalue weighted by Crippen LogP contribution is 2.46. The third-order valence-corrected chi connectivity index (χ3v) is 7.20. The lowest BCUT2D eigenvalue weighted by molar-refractivity contribution is 0.0518. The Morgan fingerprint density at radius 3 is 2.45 bits per heavy atom. The molecule has 2 aliphatic heterocycles. The van der Waals surface area contributed by atoms with Gasteiger partial charge in [-0.1, -0.05) is 17.3 Å². The van der Waals surface area contributed by atoms with Crippen LogP contribution < -0.4 is 15.1 Å². The van der Waals surface area contributed by atoms with Gasteiger partial charge in [-0.3, -0.25) is 4.90 Å². The van der Waals surface area contributed by atoms with E-state index in [1.54, 1.807) is 22.0 Å². The molecule has 2 aromatic heterocycles. The van der Waals surface area contributed by atoms with Gasteiger partial charge in [0.2, 0.25) is 0 Å². The predicted molar refractivity (Wildman–Crippen MR) is 140 cm³/mol. The first-order valence-corrected chi connectivity index (χ1v) is 12.9. The second-order valence-electron chi connectivity index (χ2n) is 11.1. The maximum absolute atomic E-state index is 12.4. The van der Waals surface area contributed by atoms with Crippen molar-refractivity contribution in [3.8, 4) is 11.1 Å². The summed E-state index contributed by atoms with van der Waals surface area (Å²) < 4.78 is 12.5. The monoisotopic (exact) mass is 517 g/mol. The van der Waals surface area contributed by atoms with Crippen LogP contribution >= 0.6 is 0 Å². The van der Waals surface area contributed by atoms with Crippen LogP contribution in [0, 0.1) is 11.8 Å². The van der Waals surface area contributed by atoms with Crippen LogP contribution in [0.2, 0.25) is 0 Å². The molecule has 38 heavy (non-hydrogen) atoms. The molecule has 4 heterocycles. The quantitative estimate of drug-likeness (QED) is 0.530. The van der Waals surface area contributed by atoms with E-state index in [-0.39, 0.29) is 24.3 Å². The highest BCUT2D eigenvalue weighted by atomic mass is 16.6. The van der Waals surface area contributed by atoms with Crippen molar-refractivity contribution in [3.05, 3.63) is 55.0 Å². The molecule has 0 spiro atoms. The largest absolute Gasteiger partial charge is 0.444 e. The van der Waals surface area contributed by atoms with Crippen LogP contribution in [0.15, 0.2) is 55.0 Å². The number of cyclic esters (lactones) is 1. The zero-order valence-corrected chi connectivity index (χ0v) is 21.7. The summed E-state index contributed by atoms with van der Waals surface area (Å²) in [6.45, 7) is 8.28. The smallest absolute Gasteiger partial charge is 0.414 e. The molecule has 0 bridgehead atoms. The number of anilines is 2. The van der Waals surface area contributed by atoms with E-state index in [0.29, 0.717) is 24.9 Å². The fraction of sp³-hybridized carbons (Fsp3) is 0.444. The number of nitrogens with one attached hydrogen (secondary N) is 1. The Balaban J connectivity index is 1.02. The van der Waals surface area contributed by atoms with E-state index in [4.69, 9.17) is 14.5 Å². The van der Waals surface area contributed by atoms with E-state index < -0.39 is 5.60 Å². The summed E-state index contributed by atoms with van der Waals surface area (Å²) in [6.07, 6.45) is 4.25. The number of piperidine rings is 1. The van der Waals surface area contributed by atoms with Crippen molar-refractivity contribution >= 4 is 23.7 Å². The molecule has 2 amide bonds. The summed E-state index contributed by atoms with van der Waals surface area (Å²) in [5, 5.41) is 10.7. The van der Waals surface area contributed by atoms with Gasteiger partial charge in [0.15, 0.2) is 0 Å². The van der Waals surface area contributed by atoms with Gasteiger partial charge in [-0.15, -0.1) is 5.10 Å². The molecule has 11 nitrogen and oxygen atoms in total. The molecule has 4 atom stereocenters. The Kier molecular flexibility index (Phi) is 5.93. The van der Waals surface area contributed by atoms with E-state index in [2.05, 4.69) is 26.6 Å². The van der Waals surface area contributed by atoms with Crippen molar-refractivity contribution in [2.45, 2.75) is 45.1 Å². The van der Waals surface area contributed by atoms with E-state index in [1.807, 2.05) is 57.3 Å². The van der Waals surface area contributed by atoms with Gasteiger partial charge in [-0.2, -0.15) is 0 Å². The molecule has 1 N–H and O–H groups in total. The maximum Gasteiger partial charge on any atom is 0.414 e. The third kappa shape index (κ3) is 5.00. The average Bonchev–Trinajstić information content (AvgIpc) is 3.36. The molecule has 3 aromatic rings. The zero-order chi connectivity index (χ0) is 26.4. The van der Waals surface area contributed by atoms with Gasteiger partial charge in [0.1, 0.15) is 17.5 Å². The minimum atomic E-state index is -0.492. The van der Waals surface area contributed by atoms with Crippen molar-refractivity contribution in [2.75, 3.05) is 29.4 Å². The summed E-state index contributed by atoms with van der Waals surface area (Å²) in [5.41, 5.74) is 2.32. The fourth-order valence-electron chi connectivity index (χ4n) is 5.32. The number of aromatic nitrogens is 4. The number of rotatable bonds is 6. The van der Waals surface area contributed by atoms with E-state index in [1.165, 1.54) is 0 Å². The number of benzene rings is 1. The minimum Gasteiger partial charge on any atom is -0.444 e. The van der Waals surface area contributed by atoms with Crippen molar-refractivity contribution in [3.63, 3.8) is 0 Å². The molecular weight excluding hydrogens is 486 g/mol. The molecule has 3 aliphatic rings. The lowest BCUT2D eigenvalue weighted by atomic mass is 10.1. The number of hydrogen-bond acceptors (Lipinski definition) is 8. The van der Waals surface area contributed by atoms with Crippen LogP contribution in [0.25, 0.3) is 11.1 Å². The molecule has 1 aliphatic carbocycles. The van der Waals surface area contributed by atoms with Gasteiger partial charge in [-0.25, -0.2) is 19.3 Å². The first kappa shape index (κ1) is 24.2. The van der Waals surface area contributed by atoms with Crippen molar-refractivity contribution in [2.24, 2.45) is 11.8 Å². The number of pyridine rings is 1. The van der Waals surface area contributed by atoms with E-state index in [9.17, 15) is 9.59 Å². The van der Waals surface area contributed by atoms with E-state index >= 15 is 0 Å². The van der Waals surface area contributed by atoms with Gasteiger partial charge in [-0.05, 0) is 50.6 Å². The number of carbonyl (C=O) groups is 2. The SMILES string of the molecule is CC(C)(C)OC(=O)N[C@H]1[C@@H]2CN(c3ccc(-c4ccc(N5C[C@H](Cn6ccnn6)OC5=O)cc4)cn3)C[C@@H]21. The van der Waals surface area contributed by atoms with Gasteiger partial charge in [0, 0.05) is 54.6 Å². The van der Waals surface area contributed by atoms with Gasteiger partial charge >= 0.3 is 12.2 Å². The summed E-state index contributed by atoms with van der Waals surface area (Å²) in [7, 11) is 0. The van der Waals surface area contributed by atoms with Crippen molar-refractivity contribution in [1.82, 2.24) is 25.3 Å². The average molecular weight is 518 g/mol. The normalized spacial score (nSPS) is 24.2. The number of amides is 2. The Bertz CT molecular complexity index is 1290. The Hall–Kier alpha value is -4.15. The Morgan fingerprint density at radius 1 is 1.08 bits per heavy atom. The predicted octanol–water partition coefficient (Wildman–Crippen LogP) is 3.32. The van der Waals surface area contributed by atoms with Crippen LogP contribution in [0.1, 0.15) is 20.8 Å². The Morgan fingerprint density at radius 2 is 1.82 bits per heavy atom. The second kappa shape index (κ2) is 9.30. The number of fused-ring (bicyclic) bond motifs is 1. The lowest BCUT2D eigenvalue weighted by Gasteiger charge is -2.23. The molecule has 198 valence electrons. The topological polar surface area (TPSA) is 115 Å². The summed E-state index contributed by atoms with van der Waals surface area (Å²) in [4.78, 5) is 33.1. The van der Waals surface area contributed by atoms with Gasteiger partial charge in [0.05, 0.1) is 19.3 Å². The third-order valence-electron chi connectivity index (χ3n) is 7.20. The van der Waals surface area contributed by atoms with Crippen LogP contribution in [0.4, 0.5) is 21.1 Å². The highest BCUT2D eigenvalue weighted by molar-refractivity contribution is 5.90. The number of carbonyl (C=O) groups excluding carboxylic acids is 2. The van der Waals surface area contributed by atoms with Crippen LogP contribution in [0.5, 0.6) is 0 Å². The number of ether oxygens (including phenoxy) is 2. The molecule has 11 heteroatoms. The van der Waals surface area contributed by atoms with Crippen LogP contribution in [-0.2, 0) is 16.0 Å². The first-order chi connectivity index (χ1) is 18.2. The van der Waals surface area contributed by atoms with Crippen molar-refractivity contribution in [1.29, 1.82) is 0 Å². The molecule has 0 radical (unpaired) electrons. The van der Waals surface area contributed by atoms with Gasteiger partial charge < -0.3 is 19.7 Å². The summed E-state index contributed by atoms with van der Waals surface area (Å²) in [6, 6.07) is 12.1. The molecule has 1 aromatic carbocycles. The van der Waals surface area contributed by atoms with Crippen LogP contribution in [0.3, 0.4) is 0 Å². The fourth-order valence-corrected chi connectivity index (χ4v) is 5.32. The highest BCUT2D eigenvalue weighted by Gasteiger charge is 2.57. The molecule has 6 rings (SSSR count). The lowest BCUT2D eigenvalue weighted by Crippen LogP contribution is -2.38. The summed E-state index contributed by atoms with van der Waals surface area (Å²) >= 11 is 0. The molecular formula is C27H31N7O4. The minimum absolute atomic E-state index is 0.185. The Labute approximate surface area is 220 Å².